The van der Waals surface area contributed by atoms with E-state index in [0.717, 1.165) is 4.57 Å². The highest BCUT2D eigenvalue weighted by Gasteiger charge is 2.31. The molecule has 1 saturated carbocycles. The molecule has 2 aromatic heterocycles. The maximum Gasteiger partial charge on any atom is 0.336 e. The number of nitrogens with one attached hydrogen (secondary N) is 2. The second kappa shape index (κ2) is 9.50. The monoisotopic (exact) mass is 533 g/mol. The van der Waals surface area contributed by atoms with Crippen molar-refractivity contribution in [2.24, 2.45) is 7.05 Å². The van der Waals surface area contributed by atoms with Crippen LogP contribution in [0.25, 0.3) is 16.6 Å². The van der Waals surface area contributed by atoms with Crippen LogP contribution in [-0.2, 0) is 11.8 Å². The molecule has 39 heavy (non-hydrogen) atoms. The molecule has 0 radical (unpaired) electrons. The van der Waals surface area contributed by atoms with Gasteiger partial charge in [-0.05, 0) is 62.6 Å². The Labute approximate surface area is 220 Å². The molecule has 0 atom stereocenters. The third-order valence-corrected chi connectivity index (χ3v) is 6.74. The predicted molar refractivity (Wildman–Crippen MR) is 145 cm³/mol. The molecule has 0 unspecified atom stereocenters. The van der Waals surface area contributed by atoms with Crippen LogP contribution in [0.2, 0.25) is 0 Å². The van der Waals surface area contributed by atoms with Gasteiger partial charge in [-0.1, -0.05) is 18.7 Å². The fourth-order valence-electron chi connectivity index (χ4n) is 4.63. The van der Waals surface area contributed by atoms with E-state index in [0.29, 0.717) is 18.4 Å². The Balaban J connectivity index is 1.86. The molecule has 0 bridgehead atoms. The normalized spacial score (nSPS) is 12.9. The highest BCUT2D eigenvalue weighted by atomic mass is 19.1. The van der Waals surface area contributed by atoms with Crippen molar-refractivity contribution in [1.29, 1.82) is 0 Å². The van der Waals surface area contributed by atoms with Gasteiger partial charge in [0, 0.05) is 24.3 Å². The summed E-state index contributed by atoms with van der Waals surface area (Å²) < 4.78 is 31.7. The maximum absolute atomic E-state index is 14.8. The molecule has 5 rings (SSSR count). The number of halogens is 2. The van der Waals surface area contributed by atoms with E-state index in [1.165, 1.54) is 53.4 Å². The van der Waals surface area contributed by atoms with Gasteiger partial charge >= 0.3 is 5.69 Å². The third-order valence-electron chi connectivity index (χ3n) is 6.74. The molecule has 0 aliphatic heterocycles. The minimum Gasteiger partial charge on any atom is -0.338 e. The Morgan fingerprint density at radius 1 is 1.05 bits per heavy atom. The molecular formula is C28H25F2N5O4. The van der Waals surface area contributed by atoms with Crippen molar-refractivity contribution >= 4 is 34.0 Å². The molecule has 2 aromatic carbocycles. The van der Waals surface area contributed by atoms with Gasteiger partial charge in [-0.2, -0.15) is 0 Å². The van der Waals surface area contributed by atoms with Gasteiger partial charge in [0.25, 0.3) is 17.0 Å². The van der Waals surface area contributed by atoms with Gasteiger partial charge in [-0.15, -0.1) is 0 Å². The molecule has 0 saturated heterocycles. The van der Waals surface area contributed by atoms with E-state index in [2.05, 4.69) is 17.2 Å². The zero-order chi connectivity index (χ0) is 28.2. The number of pyridine rings is 1. The molecule has 2 N–H and O–H groups in total. The lowest BCUT2D eigenvalue weighted by molar-refractivity contribution is -0.114. The number of fused-ring (bicyclic) bond motifs is 1. The van der Waals surface area contributed by atoms with Crippen molar-refractivity contribution < 1.29 is 13.6 Å². The number of benzene rings is 2. The first-order valence-electron chi connectivity index (χ1n) is 12.2. The standard InChI is InChI=1S/C28H25F2N5O4/c1-14-8-11-21(20(30)12-14)32-24-22-23(15(2)26(37)33(24)4)34(28(39)35(27(22)38)18-9-10-18)19-7-5-6-17(13-19)31-25(36)16(3)29/h5-8,11-13,18,32H,3,9-10H2,1-2,4H3,(H,31,36). The lowest BCUT2D eigenvalue weighted by Gasteiger charge is -2.21. The summed E-state index contributed by atoms with van der Waals surface area (Å²) in [7, 11) is 1.46. The van der Waals surface area contributed by atoms with E-state index in [4.69, 9.17) is 0 Å². The molecule has 1 amide bonds. The Morgan fingerprint density at radius 2 is 1.77 bits per heavy atom. The summed E-state index contributed by atoms with van der Waals surface area (Å²) in [5, 5.41) is 5.28. The molecule has 1 fully saturated rings. The minimum atomic E-state index is -1.19. The van der Waals surface area contributed by atoms with Crippen LogP contribution in [0.15, 0.2) is 69.3 Å². The van der Waals surface area contributed by atoms with Gasteiger partial charge in [0.1, 0.15) is 17.0 Å². The van der Waals surface area contributed by atoms with Crippen LogP contribution >= 0.6 is 0 Å². The Bertz CT molecular complexity index is 1880. The zero-order valence-corrected chi connectivity index (χ0v) is 21.5. The minimum absolute atomic E-state index is 0.0210. The quantitative estimate of drug-likeness (QED) is 0.363. The molecule has 200 valence electrons. The molecule has 1 aliphatic rings. The molecular weight excluding hydrogens is 508 g/mol. The Hall–Kier alpha value is -4.80. The molecule has 9 nitrogen and oxygen atoms in total. The highest BCUT2D eigenvalue weighted by Crippen LogP contribution is 2.34. The first-order valence-corrected chi connectivity index (χ1v) is 12.2. The van der Waals surface area contributed by atoms with Crippen LogP contribution < -0.4 is 27.4 Å². The first kappa shape index (κ1) is 25.8. The second-order valence-corrected chi connectivity index (χ2v) is 9.60. The summed E-state index contributed by atoms with van der Waals surface area (Å²) in [6.45, 7) is 6.21. The van der Waals surface area contributed by atoms with Crippen molar-refractivity contribution in [1.82, 2.24) is 13.7 Å². The van der Waals surface area contributed by atoms with E-state index >= 15 is 0 Å². The summed E-state index contributed by atoms with van der Waals surface area (Å²) in [6, 6.07) is 10.2. The average molecular weight is 534 g/mol. The fourth-order valence-corrected chi connectivity index (χ4v) is 4.63. The number of anilines is 3. The van der Waals surface area contributed by atoms with Crippen molar-refractivity contribution in [2.45, 2.75) is 32.7 Å². The van der Waals surface area contributed by atoms with E-state index in [9.17, 15) is 28.0 Å². The number of aromatic nitrogens is 3. The molecule has 0 spiro atoms. The maximum atomic E-state index is 14.8. The van der Waals surface area contributed by atoms with Gasteiger partial charge in [-0.3, -0.25) is 28.1 Å². The third kappa shape index (κ3) is 4.45. The van der Waals surface area contributed by atoms with E-state index in [1.807, 2.05) is 0 Å². The number of carbonyl (C=O) groups is 1. The first-order chi connectivity index (χ1) is 18.5. The summed E-state index contributed by atoms with van der Waals surface area (Å²) in [6.07, 6.45) is 1.24. The van der Waals surface area contributed by atoms with Crippen LogP contribution in [-0.4, -0.2) is 19.6 Å². The number of carbonyl (C=O) groups excluding carboxylic acids is 1. The van der Waals surface area contributed by atoms with Gasteiger partial charge in [0.05, 0.1) is 16.9 Å². The van der Waals surface area contributed by atoms with E-state index in [-0.39, 0.29) is 45.4 Å². The van der Waals surface area contributed by atoms with E-state index in [1.54, 1.807) is 19.1 Å². The lowest BCUT2D eigenvalue weighted by atomic mass is 10.1. The highest BCUT2D eigenvalue weighted by molar-refractivity contribution is 6.01. The van der Waals surface area contributed by atoms with Crippen molar-refractivity contribution in [3.05, 3.63) is 103 Å². The Kier molecular flexibility index (Phi) is 6.29. The summed E-state index contributed by atoms with van der Waals surface area (Å²) >= 11 is 0. The molecule has 4 aromatic rings. The van der Waals surface area contributed by atoms with Crippen LogP contribution in [0.3, 0.4) is 0 Å². The lowest BCUT2D eigenvalue weighted by Crippen LogP contribution is -2.41. The predicted octanol–water partition coefficient (Wildman–Crippen LogP) is 4.11. The fraction of sp³-hybridized carbons (Fsp3) is 0.214. The number of rotatable bonds is 6. The van der Waals surface area contributed by atoms with Crippen LogP contribution in [0.5, 0.6) is 0 Å². The van der Waals surface area contributed by atoms with Crippen molar-refractivity contribution in [2.75, 3.05) is 10.6 Å². The molecule has 1 aliphatic carbocycles. The van der Waals surface area contributed by atoms with Gasteiger partial charge in [0.2, 0.25) is 0 Å². The second-order valence-electron chi connectivity index (χ2n) is 9.60. The summed E-state index contributed by atoms with van der Waals surface area (Å²) in [4.78, 5) is 52.9. The van der Waals surface area contributed by atoms with E-state index < -0.39 is 34.4 Å². The number of nitrogens with zero attached hydrogens (tertiary/aromatic N) is 3. The molecule has 11 heteroatoms. The topological polar surface area (TPSA) is 107 Å². The Morgan fingerprint density at radius 3 is 2.41 bits per heavy atom. The summed E-state index contributed by atoms with van der Waals surface area (Å²) in [5.74, 6) is -2.80. The zero-order valence-electron chi connectivity index (χ0n) is 21.5. The number of aryl methyl sites for hydroxylation is 2. The van der Waals surface area contributed by atoms with Crippen LogP contribution in [0.1, 0.15) is 30.0 Å². The smallest absolute Gasteiger partial charge is 0.336 e. The average Bonchev–Trinajstić information content (AvgIpc) is 3.72. The van der Waals surface area contributed by atoms with Crippen LogP contribution in [0.4, 0.5) is 26.0 Å². The van der Waals surface area contributed by atoms with Gasteiger partial charge < -0.3 is 10.6 Å². The van der Waals surface area contributed by atoms with Crippen LogP contribution in [0, 0.1) is 19.7 Å². The number of hydrogen-bond acceptors (Lipinski definition) is 5. The number of hydrogen-bond donors (Lipinski definition) is 2. The SMILES string of the molecule is C=C(F)C(=O)Nc1cccc(-n2c(=O)n(C3CC3)c(=O)c3c(Nc4ccc(C)cc4F)n(C)c(=O)c(C)c32)c1. The van der Waals surface area contributed by atoms with Crippen molar-refractivity contribution in [3.63, 3.8) is 0 Å². The summed E-state index contributed by atoms with van der Waals surface area (Å²) in [5.41, 5.74) is -0.497. The van der Waals surface area contributed by atoms with Crippen molar-refractivity contribution in [3.8, 4) is 5.69 Å². The molecule has 2 heterocycles. The largest absolute Gasteiger partial charge is 0.338 e. The van der Waals surface area contributed by atoms with Gasteiger partial charge in [-0.25, -0.2) is 13.6 Å². The number of amides is 1. The van der Waals surface area contributed by atoms with Gasteiger partial charge in [0.15, 0.2) is 5.83 Å².